The Morgan fingerprint density at radius 2 is 1.26 bits per heavy atom. The lowest BCUT2D eigenvalue weighted by Gasteiger charge is -2.38. The van der Waals surface area contributed by atoms with E-state index in [0.29, 0.717) is 21.9 Å². The largest absolute Gasteiger partial charge is 0.369 e. The highest BCUT2D eigenvalue weighted by Gasteiger charge is 2.89. The Labute approximate surface area is 140 Å². The van der Waals surface area contributed by atoms with Gasteiger partial charge in [0.05, 0.1) is 22.3 Å². The van der Waals surface area contributed by atoms with Gasteiger partial charge < -0.3 is 4.74 Å². The predicted octanol–water partition coefficient (Wildman–Crippen LogP) is 4.48. The van der Waals surface area contributed by atoms with Crippen molar-refractivity contribution in [3.63, 3.8) is 0 Å². The van der Waals surface area contributed by atoms with Crippen LogP contribution in [0.3, 0.4) is 0 Å². The van der Waals surface area contributed by atoms with Crippen molar-refractivity contribution >= 4 is 69.6 Å². The molecule has 1 aliphatic heterocycles. The second-order valence-corrected chi connectivity index (χ2v) is 9.58. The molecule has 1 nitrogen and oxygen atoms in total. The first kappa shape index (κ1) is 12.9. The van der Waals surface area contributed by atoms with Gasteiger partial charge in [0.25, 0.3) is 0 Å². The van der Waals surface area contributed by atoms with Crippen molar-refractivity contribution in [1.82, 2.24) is 0 Å². The number of alkyl halides is 4. The van der Waals surface area contributed by atoms with Crippen molar-refractivity contribution in [3.05, 3.63) is 10.1 Å². The first-order chi connectivity index (χ1) is 8.78. The standard InChI is InChI=1S/C12H8Cl6O/c13-8-9(14)11(16)5-3-1-2(6-7(3)19-6)4(5)10(8,15)12(11,17)18/h2-7H,1H2/t2-,3+,4-,5-,6-,7+,10+,11+/m0/s1. The van der Waals surface area contributed by atoms with Crippen molar-refractivity contribution < 1.29 is 4.74 Å². The summed E-state index contributed by atoms with van der Waals surface area (Å²) in [6.07, 6.45) is 1.63. The number of ether oxygens (including phenoxy) is 1. The molecule has 5 rings (SSSR count). The fourth-order valence-corrected chi connectivity index (χ4v) is 8.43. The minimum atomic E-state index is -1.37. The maximum absolute atomic E-state index is 6.82. The second kappa shape index (κ2) is 3.20. The van der Waals surface area contributed by atoms with Gasteiger partial charge in [0, 0.05) is 0 Å². The van der Waals surface area contributed by atoms with Crippen LogP contribution in [0, 0.1) is 23.7 Å². The van der Waals surface area contributed by atoms with Gasteiger partial charge in [-0.2, -0.15) is 0 Å². The van der Waals surface area contributed by atoms with Gasteiger partial charge in [0.2, 0.25) is 0 Å². The molecule has 1 saturated heterocycles. The Hall–Kier alpha value is 1.44. The Bertz CT molecular complexity index is 516. The molecule has 8 atom stereocenters. The Morgan fingerprint density at radius 3 is 1.68 bits per heavy atom. The summed E-state index contributed by atoms with van der Waals surface area (Å²) in [6, 6.07) is 0. The normalized spacial score (nSPS) is 66.6. The first-order valence-corrected chi connectivity index (χ1v) is 8.52. The highest BCUT2D eigenvalue weighted by Crippen LogP contribution is 2.84. The number of allylic oxidation sites excluding steroid dienone is 2. The summed E-state index contributed by atoms with van der Waals surface area (Å²) in [5.74, 6) is 0.776. The molecule has 104 valence electrons. The van der Waals surface area contributed by atoms with Gasteiger partial charge in [-0.3, -0.25) is 0 Å². The molecule has 0 aromatic heterocycles. The summed E-state index contributed by atoms with van der Waals surface area (Å²) in [7, 11) is 0. The first-order valence-electron chi connectivity index (χ1n) is 6.25. The van der Waals surface area contributed by atoms with Gasteiger partial charge >= 0.3 is 0 Å². The van der Waals surface area contributed by atoms with E-state index in [1.54, 1.807) is 0 Å². The zero-order valence-corrected chi connectivity index (χ0v) is 13.9. The molecule has 0 unspecified atom stereocenters. The number of hydrogen-bond donors (Lipinski definition) is 0. The molecule has 0 spiro atoms. The average Bonchev–Trinajstić information content (AvgIpc) is 2.91. The van der Waals surface area contributed by atoms with E-state index in [1.807, 2.05) is 0 Å². The number of halogens is 6. The molecule has 1 heterocycles. The maximum Gasteiger partial charge on any atom is 0.166 e. The molecule has 0 amide bonds. The van der Waals surface area contributed by atoms with Crippen molar-refractivity contribution in [3.8, 4) is 0 Å². The zero-order valence-electron chi connectivity index (χ0n) is 9.35. The summed E-state index contributed by atoms with van der Waals surface area (Å²) in [5.41, 5.74) is 0. The molecule has 0 N–H and O–H groups in total. The van der Waals surface area contributed by atoms with E-state index in [2.05, 4.69) is 0 Å². The van der Waals surface area contributed by atoms with Gasteiger partial charge in [0.1, 0.15) is 9.75 Å². The van der Waals surface area contributed by atoms with Crippen LogP contribution in [-0.4, -0.2) is 26.3 Å². The molecular formula is C12H8Cl6O. The molecule has 5 aliphatic rings. The molecular weight excluding hydrogens is 373 g/mol. The van der Waals surface area contributed by atoms with Crippen LogP contribution in [0.2, 0.25) is 0 Å². The van der Waals surface area contributed by atoms with Crippen LogP contribution in [0.1, 0.15) is 6.42 Å². The van der Waals surface area contributed by atoms with E-state index in [9.17, 15) is 0 Å². The monoisotopic (exact) mass is 378 g/mol. The molecule has 19 heavy (non-hydrogen) atoms. The van der Waals surface area contributed by atoms with E-state index in [1.165, 1.54) is 0 Å². The number of hydrogen-bond acceptors (Lipinski definition) is 1. The SMILES string of the molecule is ClC1=C(Cl)[C@]2(Cl)[C@H]3[C@H]4C[C@H]([C@@H]5O[C@H]45)[C@@H]3[C@]1(Cl)C2(Cl)Cl. The van der Waals surface area contributed by atoms with Crippen LogP contribution in [0.25, 0.3) is 0 Å². The topological polar surface area (TPSA) is 12.5 Å². The Kier molecular flexibility index (Phi) is 2.18. The van der Waals surface area contributed by atoms with Crippen molar-refractivity contribution in [2.45, 2.75) is 32.7 Å². The third kappa shape index (κ3) is 0.986. The van der Waals surface area contributed by atoms with Crippen molar-refractivity contribution in [1.29, 1.82) is 0 Å². The quantitative estimate of drug-likeness (QED) is 0.343. The van der Waals surface area contributed by atoms with Gasteiger partial charge in [0.15, 0.2) is 4.33 Å². The van der Waals surface area contributed by atoms with Crippen LogP contribution in [0.15, 0.2) is 10.1 Å². The Balaban J connectivity index is 1.80. The van der Waals surface area contributed by atoms with E-state index in [0.717, 1.165) is 6.42 Å². The minimum absolute atomic E-state index is 0.0467. The molecule has 4 fully saturated rings. The molecule has 3 saturated carbocycles. The molecule has 4 aliphatic carbocycles. The van der Waals surface area contributed by atoms with Gasteiger partial charge in [-0.15, -0.1) is 23.2 Å². The van der Waals surface area contributed by atoms with Crippen molar-refractivity contribution in [2.24, 2.45) is 23.7 Å². The summed E-state index contributed by atoms with van der Waals surface area (Å²) in [4.78, 5) is -2.17. The second-order valence-electron chi connectivity index (χ2n) is 6.31. The van der Waals surface area contributed by atoms with E-state index in [-0.39, 0.29) is 24.0 Å². The van der Waals surface area contributed by atoms with Crippen molar-refractivity contribution in [2.75, 3.05) is 0 Å². The lowest BCUT2D eigenvalue weighted by Crippen LogP contribution is -2.46. The highest BCUT2D eigenvalue weighted by molar-refractivity contribution is 6.65. The summed E-state index contributed by atoms with van der Waals surface area (Å²) in [5, 5.41) is 0.642. The molecule has 0 radical (unpaired) electrons. The fraction of sp³-hybridized carbons (Fsp3) is 0.833. The minimum Gasteiger partial charge on any atom is -0.369 e. The number of epoxide rings is 1. The van der Waals surface area contributed by atoms with Crippen LogP contribution < -0.4 is 0 Å². The van der Waals surface area contributed by atoms with Crippen LogP contribution in [-0.2, 0) is 4.74 Å². The molecule has 4 bridgehead atoms. The lowest BCUT2D eigenvalue weighted by molar-refractivity contribution is 0.237. The highest BCUT2D eigenvalue weighted by atomic mass is 35.5. The summed E-state index contributed by atoms with van der Waals surface area (Å²) >= 11 is 39.5. The van der Waals surface area contributed by atoms with E-state index in [4.69, 9.17) is 74.3 Å². The third-order valence-corrected chi connectivity index (χ3v) is 10.2. The summed E-state index contributed by atoms with van der Waals surface area (Å²) < 4.78 is 4.35. The van der Waals surface area contributed by atoms with Gasteiger partial charge in [-0.1, -0.05) is 46.4 Å². The van der Waals surface area contributed by atoms with Gasteiger partial charge in [-0.25, -0.2) is 0 Å². The van der Waals surface area contributed by atoms with E-state index >= 15 is 0 Å². The predicted molar refractivity (Wildman–Crippen MR) is 77.6 cm³/mol. The van der Waals surface area contributed by atoms with E-state index < -0.39 is 14.1 Å². The summed E-state index contributed by atoms with van der Waals surface area (Å²) in [6.45, 7) is 0. The Morgan fingerprint density at radius 1 is 0.842 bits per heavy atom. The lowest BCUT2D eigenvalue weighted by atomic mass is 9.73. The van der Waals surface area contributed by atoms with Crippen LogP contribution in [0.4, 0.5) is 0 Å². The number of fused-ring (bicyclic) bond motifs is 12. The average molecular weight is 381 g/mol. The smallest absolute Gasteiger partial charge is 0.166 e. The maximum atomic E-state index is 6.82. The molecule has 0 aromatic rings. The molecule has 7 heteroatoms. The fourth-order valence-electron chi connectivity index (χ4n) is 5.30. The molecule has 0 aromatic carbocycles. The van der Waals surface area contributed by atoms with Crippen LogP contribution >= 0.6 is 69.6 Å². The zero-order chi connectivity index (χ0) is 13.5. The third-order valence-electron chi connectivity index (χ3n) is 5.92. The van der Waals surface area contributed by atoms with Gasteiger partial charge in [-0.05, 0) is 30.1 Å². The van der Waals surface area contributed by atoms with Crippen LogP contribution in [0.5, 0.6) is 0 Å². The number of rotatable bonds is 0.